The summed E-state index contributed by atoms with van der Waals surface area (Å²) in [6.45, 7) is 3.66. The highest BCUT2D eigenvalue weighted by Crippen LogP contribution is 2.18. The molecule has 1 fully saturated rings. The maximum absolute atomic E-state index is 13.1. The molecule has 2 rings (SSSR count). The minimum absolute atomic E-state index is 0.0414. The van der Waals surface area contributed by atoms with E-state index in [-0.39, 0.29) is 23.6 Å². The van der Waals surface area contributed by atoms with Crippen LogP contribution < -0.4 is 10.6 Å². The molecule has 1 amide bonds. The van der Waals surface area contributed by atoms with Crippen LogP contribution in [0.2, 0.25) is 0 Å². The van der Waals surface area contributed by atoms with E-state index in [0.717, 1.165) is 25.1 Å². The number of hydrogen-bond donors (Lipinski definition) is 2. The Labute approximate surface area is 116 Å². The standard InChI is InChI=1S/C14H18F2N2O2/c1-2-5-17-13-8-20-7-10(13)14(19)18-9-3-4-11(15)12(16)6-9/h3-4,6,10,13,17H,2,5,7-8H2,1H3,(H,18,19). The van der Waals surface area contributed by atoms with Crippen molar-refractivity contribution in [2.75, 3.05) is 25.1 Å². The van der Waals surface area contributed by atoms with E-state index in [1.165, 1.54) is 6.07 Å². The van der Waals surface area contributed by atoms with Gasteiger partial charge in [0.25, 0.3) is 0 Å². The van der Waals surface area contributed by atoms with Crippen molar-refractivity contribution in [2.45, 2.75) is 19.4 Å². The van der Waals surface area contributed by atoms with Crippen LogP contribution in [-0.2, 0) is 9.53 Å². The Morgan fingerprint density at radius 1 is 1.35 bits per heavy atom. The molecular weight excluding hydrogens is 266 g/mol. The van der Waals surface area contributed by atoms with Crippen molar-refractivity contribution in [1.29, 1.82) is 0 Å². The van der Waals surface area contributed by atoms with Crippen LogP contribution in [0.5, 0.6) is 0 Å². The predicted octanol–water partition coefficient (Wildman–Crippen LogP) is 1.92. The minimum atomic E-state index is -0.980. The first-order chi connectivity index (χ1) is 9.61. The van der Waals surface area contributed by atoms with Crippen LogP contribution in [0, 0.1) is 17.6 Å². The third-order valence-electron chi connectivity index (χ3n) is 3.26. The van der Waals surface area contributed by atoms with E-state index in [0.29, 0.717) is 13.2 Å². The van der Waals surface area contributed by atoms with Crippen LogP contribution in [0.4, 0.5) is 14.5 Å². The molecular formula is C14H18F2N2O2. The Balaban J connectivity index is 1.98. The summed E-state index contributed by atoms with van der Waals surface area (Å²) in [5.74, 6) is -2.49. The zero-order valence-corrected chi connectivity index (χ0v) is 11.3. The lowest BCUT2D eigenvalue weighted by Crippen LogP contribution is -2.41. The topological polar surface area (TPSA) is 50.4 Å². The van der Waals surface area contributed by atoms with Crippen molar-refractivity contribution in [3.8, 4) is 0 Å². The average molecular weight is 284 g/mol. The summed E-state index contributed by atoms with van der Waals surface area (Å²) in [6, 6.07) is 3.25. The normalized spacial score (nSPS) is 21.9. The molecule has 0 aliphatic carbocycles. The van der Waals surface area contributed by atoms with Crippen LogP contribution >= 0.6 is 0 Å². The lowest BCUT2D eigenvalue weighted by Gasteiger charge is -2.18. The number of carbonyl (C=O) groups excluding carboxylic acids is 1. The second-order valence-corrected chi connectivity index (χ2v) is 4.82. The van der Waals surface area contributed by atoms with E-state index < -0.39 is 11.6 Å². The number of benzene rings is 1. The van der Waals surface area contributed by atoms with Crippen LogP contribution in [0.3, 0.4) is 0 Å². The molecule has 1 saturated heterocycles. The molecule has 1 heterocycles. The Hall–Kier alpha value is -1.53. The Morgan fingerprint density at radius 3 is 2.85 bits per heavy atom. The monoisotopic (exact) mass is 284 g/mol. The molecule has 6 heteroatoms. The maximum Gasteiger partial charge on any atom is 0.231 e. The van der Waals surface area contributed by atoms with Crippen LogP contribution in [-0.4, -0.2) is 31.7 Å². The van der Waals surface area contributed by atoms with Crippen molar-refractivity contribution >= 4 is 11.6 Å². The molecule has 1 aliphatic heterocycles. The number of ether oxygens (including phenoxy) is 1. The number of carbonyl (C=O) groups is 1. The fourth-order valence-electron chi connectivity index (χ4n) is 2.15. The summed E-state index contributed by atoms with van der Waals surface area (Å²) < 4.78 is 31.2. The SMILES string of the molecule is CCCNC1COCC1C(=O)Nc1ccc(F)c(F)c1. The highest BCUT2D eigenvalue weighted by molar-refractivity contribution is 5.93. The van der Waals surface area contributed by atoms with Gasteiger partial charge in [-0.2, -0.15) is 0 Å². The van der Waals surface area contributed by atoms with Gasteiger partial charge in [-0.05, 0) is 25.1 Å². The molecule has 0 aromatic heterocycles. The number of amides is 1. The molecule has 110 valence electrons. The van der Waals surface area contributed by atoms with Crippen molar-refractivity contribution in [1.82, 2.24) is 5.32 Å². The highest BCUT2D eigenvalue weighted by Gasteiger charge is 2.33. The molecule has 1 aromatic carbocycles. The van der Waals surface area contributed by atoms with Crippen molar-refractivity contribution < 1.29 is 18.3 Å². The Kier molecular flexibility index (Phi) is 5.03. The second kappa shape index (κ2) is 6.76. The highest BCUT2D eigenvalue weighted by atomic mass is 19.2. The molecule has 2 unspecified atom stereocenters. The van der Waals surface area contributed by atoms with Gasteiger partial charge in [0.2, 0.25) is 5.91 Å². The summed E-state index contributed by atoms with van der Waals surface area (Å²) in [5, 5.41) is 5.84. The van der Waals surface area contributed by atoms with Crippen molar-refractivity contribution in [3.05, 3.63) is 29.8 Å². The molecule has 1 aliphatic rings. The Morgan fingerprint density at radius 2 is 2.15 bits per heavy atom. The molecule has 2 N–H and O–H groups in total. The van der Waals surface area contributed by atoms with E-state index in [2.05, 4.69) is 10.6 Å². The first-order valence-corrected chi connectivity index (χ1v) is 6.69. The van der Waals surface area contributed by atoms with Gasteiger partial charge in [0, 0.05) is 17.8 Å². The first kappa shape index (κ1) is 14.9. The quantitative estimate of drug-likeness (QED) is 0.868. The van der Waals surface area contributed by atoms with Gasteiger partial charge in [0.05, 0.1) is 19.1 Å². The molecule has 0 spiro atoms. The van der Waals surface area contributed by atoms with Gasteiger partial charge in [-0.1, -0.05) is 6.92 Å². The zero-order valence-electron chi connectivity index (χ0n) is 11.3. The van der Waals surface area contributed by atoms with E-state index >= 15 is 0 Å². The molecule has 2 atom stereocenters. The third kappa shape index (κ3) is 3.52. The molecule has 0 saturated carbocycles. The number of rotatable bonds is 5. The lowest BCUT2D eigenvalue weighted by atomic mass is 10.0. The average Bonchev–Trinajstić information content (AvgIpc) is 2.89. The summed E-state index contributed by atoms with van der Waals surface area (Å²) in [5.41, 5.74) is 0.245. The summed E-state index contributed by atoms with van der Waals surface area (Å²) in [4.78, 5) is 12.1. The third-order valence-corrected chi connectivity index (χ3v) is 3.26. The molecule has 0 bridgehead atoms. The lowest BCUT2D eigenvalue weighted by molar-refractivity contribution is -0.120. The number of anilines is 1. The predicted molar refractivity (Wildman–Crippen MR) is 71.4 cm³/mol. The maximum atomic E-state index is 13.1. The number of nitrogens with one attached hydrogen (secondary N) is 2. The van der Waals surface area contributed by atoms with Gasteiger partial charge in [0.1, 0.15) is 0 Å². The van der Waals surface area contributed by atoms with Gasteiger partial charge in [-0.3, -0.25) is 4.79 Å². The molecule has 0 radical (unpaired) electrons. The molecule has 1 aromatic rings. The molecule has 4 nitrogen and oxygen atoms in total. The summed E-state index contributed by atoms with van der Waals surface area (Å²) in [6.07, 6.45) is 0.966. The smallest absolute Gasteiger partial charge is 0.231 e. The van der Waals surface area contributed by atoms with Crippen molar-refractivity contribution in [3.63, 3.8) is 0 Å². The van der Waals surface area contributed by atoms with Gasteiger partial charge in [-0.15, -0.1) is 0 Å². The Bertz CT molecular complexity index is 482. The fourth-order valence-corrected chi connectivity index (χ4v) is 2.15. The van der Waals surface area contributed by atoms with E-state index in [1.54, 1.807) is 0 Å². The largest absolute Gasteiger partial charge is 0.379 e. The fraction of sp³-hybridized carbons (Fsp3) is 0.500. The summed E-state index contributed by atoms with van der Waals surface area (Å²) in [7, 11) is 0. The van der Waals surface area contributed by atoms with Crippen LogP contribution in [0.15, 0.2) is 18.2 Å². The van der Waals surface area contributed by atoms with Gasteiger partial charge < -0.3 is 15.4 Å². The van der Waals surface area contributed by atoms with Crippen LogP contribution in [0.25, 0.3) is 0 Å². The number of hydrogen-bond acceptors (Lipinski definition) is 3. The van der Waals surface area contributed by atoms with Gasteiger partial charge in [-0.25, -0.2) is 8.78 Å². The van der Waals surface area contributed by atoms with E-state index in [4.69, 9.17) is 4.74 Å². The molecule has 20 heavy (non-hydrogen) atoms. The minimum Gasteiger partial charge on any atom is -0.379 e. The van der Waals surface area contributed by atoms with Gasteiger partial charge in [0.15, 0.2) is 11.6 Å². The van der Waals surface area contributed by atoms with E-state index in [1.807, 2.05) is 6.92 Å². The van der Waals surface area contributed by atoms with Gasteiger partial charge >= 0.3 is 0 Å². The number of halogens is 2. The van der Waals surface area contributed by atoms with E-state index in [9.17, 15) is 13.6 Å². The second-order valence-electron chi connectivity index (χ2n) is 4.82. The summed E-state index contributed by atoms with van der Waals surface area (Å²) >= 11 is 0. The van der Waals surface area contributed by atoms with Crippen LogP contribution in [0.1, 0.15) is 13.3 Å². The zero-order chi connectivity index (χ0) is 14.5. The van der Waals surface area contributed by atoms with Crippen molar-refractivity contribution in [2.24, 2.45) is 5.92 Å². The first-order valence-electron chi connectivity index (χ1n) is 6.69.